The van der Waals surface area contributed by atoms with Gasteiger partial charge in [-0.05, 0) is 30.0 Å². The zero-order chi connectivity index (χ0) is 14.2. The molecule has 3 nitrogen and oxygen atoms in total. The number of pyridine rings is 1. The zero-order valence-electron chi connectivity index (χ0n) is 12.1. The van der Waals surface area contributed by atoms with Gasteiger partial charge in [0.25, 0.3) is 0 Å². The molecule has 0 fully saturated rings. The Hall–Kier alpha value is -1.39. The van der Waals surface area contributed by atoms with Crippen molar-refractivity contribution in [1.29, 1.82) is 0 Å². The van der Waals surface area contributed by atoms with Crippen LogP contribution in [0.25, 0.3) is 0 Å². The molecule has 2 rings (SSSR count). The molecule has 0 unspecified atom stereocenters. The summed E-state index contributed by atoms with van der Waals surface area (Å²) in [5, 5.41) is 5.54. The molecule has 0 atom stereocenters. The smallest absolute Gasteiger partial charge is 0.142 e. The predicted octanol–water partition coefficient (Wildman–Crippen LogP) is 3.51. The van der Waals surface area contributed by atoms with Crippen molar-refractivity contribution < 1.29 is 4.74 Å². The second-order valence-corrected chi connectivity index (χ2v) is 6.22. The van der Waals surface area contributed by atoms with Gasteiger partial charge in [-0.3, -0.25) is 4.98 Å². The molecule has 0 spiro atoms. The van der Waals surface area contributed by atoms with Crippen molar-refractivity contribution >= 4 is 11.3 Å². The molecule has 2 heterocycles. The van der Waals surface area contributed by atoms with Crippen LogP contribution in [0.4, 0.5) is 0 Å². The van der Waals surface area contributed by atoms with Gasteiger partial charge < -0.3 is 10.1 Å². The Labute approximate surface area is 125 Å². The maximum absolute atomic E-state index is 5.87. The minimum absolute atomic E-state index is 0.653. The molecule has 0 aliphatic rings. The third-order valence-electron chi connectivity index (χ3n) is 2.92. The zero-order valence-corrected chi connectivity index (χ0v) is 13.0. The van der Waals surface area contributed by atoms with Crippen LogP contribution < -0.4 is 10.1 Å². The number of hydrogen-bond acceptors (Lipinski definition) is 4. The molecule has 20 heavy (non-hydrogen) atoms. The monoisotopic (exact) mass is 290 g/mol. The lowest BCUT2D eigenvalue weighted by Gasteiger charge is -2.12. The molecular weight excluding hydrogens is 268 g/mol. The van der Waals surface area contributed by atoms with Crippen LogP contribution in [0.1, 0.15) is 24.3 Å². The molecule has 0 saturated heterocycles. The van der Waals surface area contributed by atoms with E-state index in [9.17, 15) is 0 Å². The van der Waals surface area contributed by atoms with Gasteiger partial charge in [0.1, 0.15) is 5.75 Å². The fourth-order valence-corrected chi connectivity index (χ4v) is 2.59. The van der Waals surface area contributed by atoms with Crippen LogP contribution in [-0.4, -0.2) is 18.1 Å². The molecule has 0 bridgehead atoms. The van der Waals surface area contributed by atoms with Crippen molar-refractivity contribution in [2.24, 2.45) is 5.92 Å². The van der Waals surface area contributed by atoms with Crippen molar-refractivity contribution in [1.82, 2.24) is 10.3 Å². The van der Waals surface area contributed by atoms with Crippen molar-refractivity contribution in [3.8, 4) is 5.75 Å². The molecule has 2 aromatic heterocycles. The van der Waals surface area contributed by atoms with Crippen LogP contribution in [0, 0.1) is 5.92 Å². The van der Waals surface area contributed by atoms with Gasteiger partial charge in [-0.2, -0.15) is 0 Å². The third-order valence-corrected chi connectivity index (χ3v) is 3.86. The van der Waals surface area contributed by atoms with E-state index in [0.717, 1.165) is 25.3 Å². The van der Waals surface area contributed by atoms with Gasteiger partial charge in [-0.1, -0.05) is 19.9 Å². The summed E-state index contributed by atoms with van der Waals surface area (Å²) in [6.45, 7) is 6.95. The van der Waals surface area contributed by atoms with Crippen LogP contribution in [0.15, 0.2) is 36.0 Å². The lowest BCUT2D eigenvalue weighted by molar-refractivity contribution is 0.317. The summed E-state index contributed by atoms with van der Waals surface area (Å²) < 4.78 is 5.87. The van der Waals surface area contributed by atoms with Crippen LogP contribution in [0.3, 0.4) is 0 Å². The number of thiophene rings is 1. The number of rotatable bonds is 8. The van der Waals surface area contributed by atoms with Gasteiger partial charge >= 0.3 is 0 Å². The molecule has 0 aliphatic heterocycles. The van der Waals surface area contributed by atoms with Crippen LogP contribution >= 0.6 is 11.3 Å². The summed E-state index contributed by atoms with van der Waals surface area (Å²) in [4.78, 5) is 5.51. The number of nitrogens with zero attached hydrogens (tertiary/aromatic N) is 1. The van der Waals surface area contributed by atoms with E-state index in [0.29, 0.717) is 12.5 Å². The molecule has 0 aromatic carbocycles. The Kier molecular flexibility index (Phi) is 6.02. The van der Waals surface area contributed by atoms with Crippen molar-refractivity contribution in [2.75, 3.05) is 13.2 Å². The van der Waals surface area contributed by atoms with Crippen molar-refractivity contribution in [3.05, 3.63) is 46.4 Å². The van der Waals surface area contributed by atoms with E-state index in [1.54, 1.807) is 17.5 Å². The minimum atomic E-state index is 0.653. The standard InChI is InChI=1S/C16H22N2OS/c1-13(2)10-18-11-14-5-7-17-12-16(14)19-8-6-15-4-3-9-20-15/h3-5,7,9,12-13,18H,6,8,10-11H2,1-2H3. The topological polar surface area (TPSA) is 34.2 Å². The van der Waals surface area contributed by atoms with Crippen LogP contribution in [0.5, 0.6) is 5.75 Å². The Morgan fingerprint density at radius 2 is 2.25 bits per heavy atom. The molecule has 4 heteroatoms. The molecule has 108 valence electrons. The Balaban J connectivity index is 1.83. The molecule has 2 aromatic rings. The number of ether oxygens (including phenoxy) is 1. The Bertz CT molecular complexity index is 497. The summed E-state index contributed by atoms with van der Waals surface area (Å²) in [5.41, 5.74) is 1.17. The van der Waals surface area contributed by atoms with E-state index < -0.39 is 0 Å². The van der Waals surface area contributed by atoms with E-state index in [1.807, 2.05) is 12.3 Å². The lowest BCUT2D eigenvalue weighted by atomic mass is 10.2. The van der Waals surface area contributed by atoms with Crippen molar-refractivity contribution in [3.63, 3.8) is 0 Å². The highest BCUT2D eigenvalue weighted by Crippen LogP contribution is 2.17. The van der Waals surface area contributed by atoms with Gasteiger partial charge in [-0.15, -0.1) is 11.3 Å². The van der Waals surface area contributed by atoms with E-state index in [-0.39, 0.29) is 0 Å². The fraction of sp³-hybridized carbons (Fsp3) is 0.438. The molecular formula is C16H22N2OS. The normalized spacial score (nSPS) is 10.9. The Morgan fingerprint density at radius 1 is 1.35 bits per heavy atom. The average Bonchev–Trinajstić information content (AvgIpc) is 2.93. The minimum Gasteiger partial charge on any atom is -0.491 e. The van der Waals surface area contributed by atoms with Gasteiger partial charge in [0.05, 0.1) is 12.8 Å². The summed E-state index contributed by atoms with van der Waals surface area (Å²) in [6, 6.07) is 6.24. The van der Waals surface area contributed by atoms with Crippen LogP contribution in [0.2, 0.25) is 0 Å². The highest BCUT2D eigenvalue weighted by atomic mass is 32.1. The molecule has 0 saturated carbocycles. The molecule has 1 N–H and O–H groups in total. The lowest BCUT2D eigenvalue weighted by Crippen LogP contribution is -2.19. The van der Waals surface area contributed by atoms with Crippen molar-refractivity contribution in [2.45, 2.75) is 26.8 Å². The predicted molar refractivity (Wildman–Crippen MR) is 84.3 cm³/mol. The first-order valence-electron chi connectivity index (χ1n) is 7.04. The SMILES string of the molecule is CC(C)CNCc1ccncc1OCCc1cccs1. The molecule has 0 amide bonds. The number of nitrogens with one attached hydrogen (secondary N) is 1. The largest absolute Gasteiger partial charge is 0.491 e. The second-order valence-electron chi connectivity index (χ2n) is 5.19. The average molecular weight is 290 g/mol. The van der Waals surface area contributed by atoms with Crippen LogP contribution in [-0.2, 0) is 13.0 Å². The maximum atomic E-state index is 5.87. The van der Waals surface area contributed by atoms with E-state index in [2.05, 4.69) is 41.7 Å². The summed E-state index contributed by atoms with van der Waals surface area (Å²) >= 11 is 1.77. The molecule has 0 radical (unpaired) electrons. The fourth-order valence-electron chi connectivity index (χ4n) is 1.90. The summed E-state index contributed by atoms with van der Waals surface area (Å²) in [5.74, 6) is 1.54. The first-order valence-corrected chi connectivity index (χ1v) is 7.92. The second kappa shape index (κ2) is 8.02. The van der Waals surface area contributed by atoms with Gasteiger partial charge in [0.2, 0.25) is 0 Å². The quantitative estimate of drug-likeness (QED) is 0.808. The number of hydrogen-bond donors (Lipinski definition) is 1. The Morgan fingerprint density at radius 3 is 3.00 bits per heavy atom. The van der Waals surface area contributed by atoms with Gasteiger partial charge in [0.15, 0.2) is 0 Å². The third kappa shape index (κ3) is 4.94. The molecule has 0 aliphatic carbocycles. The first-order chi connectivity index (χ1) is 9.75. The van der Waals surface area contributed by atoms with E-state index in [1.165, 1.54) is 10.4 Å². The van der Waals surface area contributed by atoms with Gasteiger partial charge in [0, 0.05) is 29.6 Å². The number of aromatic nitrogens is 1. The van der Waals surface area contributed by atoms with Gasteiger partial charge in [-0.25, -0.2) is 0 Å². The summed E-state index contributed by atoms with van der Waals surface area (Å²) in [6.07, 6.45) is 4.57. The maximum Gasteiger partial charge on any atom is 0.142 e. The highest BCUT2D eigenvalue weighted by molar-refractivity contribution is 7.09. The van der Waals surface area contributed by atoms with E-state index >= 15 is 0 Å². The highest BCUT2D eigenvalue weighted by Gasteiger charge is 2.04. The first kappa shape index (κ1) is 15.0. The van der Waals surface area contributed by atoms with E-state index in [4.69, 9.17) is 4.74 Å². The summed E-state index contributed by atoms with van der Waals surface area (Å²) in [7, 11) is 0.